The number of nitrogens with zero attached hydrogens (tertiary/aromatic N) is 2. The van der Waals surface area contributed by atoms with Crippen molar-refractivity contribution in [1.82, 2.24) is 15.5 Å². The Bertz CT molecular complexity index is 582. The first-order valence-corrected chi connectivity index (χ1v) is 6.93. The number of aryl methyl sites for hydroxylation is 1. The van der Waals surface area contributed by atoms with Crippen molar-refractivity contribution in [3.05, 3.63) is 35.7 Å². The zero-order valence-electron chi connectivity index (χ0n) is 11.8. The normalized spacial score (nSPS) is 22.9. The third kappa shape index (κ3) is 2.59. The van der Waals surface area contributed by atoms with Crippen LogP contribution in [0.2, 0.25) is 0 Å². The average Bonchev–Trinajstić information content (AvgIpc) is 2.97. The van der Waals surface area contributed by atoms with Gasteiger partial charge in [-0.15, -0.1) is 0 Å². The Hall–Kier alpha value is -1.72. The fourth-order valence-electron chi connectivity index (χ4n) is 2.61. The molecule has 5 nitrogen and oxygen atoms in total. The van der Waals surface area contributed by atoms with Crippen LogP contribution < -0.4 is 5.32 Å². The minimum Gasteiger partial charge on any atom is -0.381 e. The largest absolute Gasteiger partial charge is 0.381 e. The van der Waals surface area contributed by atoms with Crippen molar-refractivity contribution in [3.63, 3.8) is 0 Å². The molecular weight excluding hydrogens is 254 g/mol. The second-order valence-corrected chi connectivity index (χ2v) is 5.19. The molecule has 2 aromatic rings. The van der Waals surface area contributed by atoms with Crippen molar-refractivity contribution in [3.8, 4) is 11.4 Å². The summed E-state index contributed by atoms with van der Waals surface area (Å²) in [5.41, 5.74) is 2.17. The van der Waals surface area contributed by atoms with E-state index in [0.29, 0.717) is 24.4 Å². The van der Waals surface area contributed by atoms with E-state index in [1.165, 1.54) is 5.56 Å². The van der Waals surface area contributed by atoms with Gasteiger partial charge < -0.3 is 14.6 Å². The fraction of sp³-hybridized carbons (Fsp3) is 0.467. The minimum atomic E-state index is 0.125. The number of likely N-dealkylation sites (N-methyl/N-ethyl adjacent to an activating group) is 1. The molecule has 2 atom stereocenters. The van der Waals surface area contributed by atoms with Gasteiger partial charge in [0.2, 0.25) is 11.7 Å². The zero-order chi connectivity index (χ0) is 13.9. The molecule has 1 N–H and O–H groups in total. The number of benzene rings is 1. The second-order valence-electron chi connectivity index (χ2n) is 5.19. The van der Waals surface area contributed by atoms with Crippen LogP contribution in [-0.4, -0.2) is 36.4 Å². The molecule has 1 aromatic heterocycles. The summed E-state index contributed by atoms with van der Waals surface area (Å²) in [6.07, 6.45) is 0.962. The molecule has 1 saturated heterocycles. The standard InChI is InChI=1S/C15H19N3O2/c1-10-4-3-5-11(8-10)14-17-15(20-18-14)12-9-19-7-6-13(12)16-2/h3-5,8,12-13,16H,6-7,9H2,1-2H3. The molecule has 1 aliphatic heterocycles. The van der Waals surface area contributed by atoms with Crippen molar-refractivity contribution in [2.24, 2.45) is 0 Å². The van der Waals surface area contributed by atoms with Gasteiger partial charge in [-0.2, -0.15) is 4.98 Å². The van der Waals surface area contributed by atoms with Gasteiger partial charge in [-0.25, -0.2) is 0 Å². The molecule has 5 heteroatoms. The average molecular weight is 273 g/mol. The Labute approximate surface area is 118 Å². The van der Waals surface area contributed by atoms with Crippen LogP contribution in [0.15, 0.2) is 28.8 Å². The molecule has 0 bridgehead atoms. The molecule has 0 saturated carbocycles. The molecule has 1 aliphatic rings. The Morgan fingerprint density at radius 1 is 1.35 bits per heavy atom. The molecular formula is C15H19N3O2. The van der Waals surface area contributed by atoms with Crippen LogP contribution in [0.1, 0.15) is 23.8 Å². The zero-order valence-corrected chi connectivity index (χ0v) is 11.8. The number of rotatable bonds is 3. The van der Waals surface area contributed by atoms with E-state index in [4.69, 9.17) is 9.26 Å². The highest BCUT2D eigenvalue weighted by atomic mass is 16.5. The monoisotopic (exact) mass is 273 g/mol. The molecule has 1 fully saturated rings. The summed E-state index contributed by atoms with van der Waals surface area (Å²) in [5.74, 6) is 1.42. The van der Waals surface area contributed by atoms with Crippen molar-refractivity contribution in [1.29, 1.82) is 0 Å². The topological polar surface area (TPSA) is 60.2 Å². The quantitative estimate of drug-likeness (QED) is 0.928. The Kier molecular flexibility index (Phi) is 3.80. The third-order valence-electron chi connectivity index (χ3n) is 3.76. The van der Waals surface area contributed by atoms with Crippen LogP contribution in [0.25, 0.3) is 11.4 Å². The molecule has 0 amide bonds. The third-order valence-corrected chi connectivity index (χ3v) is 3.76. The van der Waals surface area contributed by atoms with Gasteiger partial charge >= 0.3 is 0 Å². The van der Waals surface area contributed by atoms with Crippen molar-refractivity contribution >= 4 is 0 Å². The SMILES string of the molecule is CNC1CCOCC1c1nc(-c2cccc(C)c2)no1. The van der Waals surface area contributed by atoms with Gasteiger partial charge in [0.25, 0.3) is 0 Å². The number of hydrogen-bond donors (Lipinski definition) is 1. The van der Waals surface area contributed by atoms with Crippen LogP contribution in [0.3, 0.4) is 0 Å². The molecule has 1 aromatic carbocycles. The highest BCUT2D eigenvalue weighted by Gasteiger charge is 2.30. The van der Waals surface area contributed by atoms with Gasteiger partial charge in [-0.3, -0.25) is 0 Å². The number of hydrogen-bond acceptors (Lipinski definition) is 5. The smallest absolute Gasteiger partial charge is 0.233 e. The van der Waals surface area contributed by atoms with Crippen LogP contribution in [-0.2, 0) is 4.74 Å². The first kappa shape index (κ1) is 13.3. The Morgan fingerprint density at radius 3 is 3.05 bits per heavy atom. The fourth-order valence-corrected chi connectivity index (χ4v) is 2.61. The molecule has 0 spiro atoms. The van der Waals surface area contributed by atoms with Crippen LogP contribution in [0.4, 0.5) is 0 Å². The number of nitrogens with one attached hydrogen (secondary N) is 1. The lowest BCUT2D eigenvalue weighted by Gasteiger charge is -2.28. The van der Waals surface area contributed by atoms with E-state index < -0.39 is 0 Å². The molecule has 0 aliphatic carbocycles. The number of ether oxygens (including phenoxy) is 1. The second kappa shape index (κ2) is 5.73. The highest BCUT2D eigenvalue weighted by Crippen LogP contribution is 2.26. The van der Waals surface area contributed by atoms with Crippen molar-refractivity contribution in [2.45, 2.75) is 25.3 Å². The van der Waals surface area contributed by atoms with Crippen LogP contribution >= 0.6 is 0 Å². The molecule has 20 heavy (non-hydrogen) atoms. The lowest BCUT2D eigenvalue weighted by Crippen LogP contribution is -2.39. The molecule has 106 valence electrons. The maximum absolute atomic E-state index is 5.53. The summed E-state index contributed by atoms with van der Waals surface area (Å²) >= 11 is 0. The summed E-state index contributed by atoms with van der Waals surface area (Å²) in [4.78, 5) is 4.55. The van der Waals surface area contributed by atoms with E-state index >= 15 is 0 Å². The summed E-state index contributed by atoms with van der Waals surface area (Å²) in [6.45, 7) is 3.46. The first-order valence-electron chi connectivity index (χ1n) is 6.93. The first-order chi connectivity index (χ1) is 9.78. The summed E-state index contributed by atoms with van der Waals surface area (Å²) < 4.78 is 11.0. The van der Waals surface area contributed by atoms with Crippen LogP contribution in [0, 0.1) is 6.92 Å². The van der Waals surface area contributed by atoms with Gasteiger partial charge in [0.05, 0.1) is 12.5 Å². The lowest BCUT2D eigenvalue weighted by molar-refractivity contribution is 0.0516. The predicted molar refractivity (Wildman–Crippen MR) is 75.5 cm³/mol. The van der Waals surface area contributed by atoms with E-state index in [2.05, 4.69) is 34.5 Å². The van der Waals surface area contributed by atoms with Crippen LogP contribution in [0.5, 0.6) is 0 Å². The Balaban J connectivity index is 1.86. The van der Waals surface area contributed by atoms with Gasteiger partial charge in [0.1, 0.15) is 0 Å². The van der Waals surface area contributed by atoms with Crippen molar-refractivity contribution in [2.75, 3.05) is 20.3 Å². The lowest BCUT2D eigenvalue weighted by atomic mass is 9.96. The Morgan fingerprint density at radius 2 is 2.25 bits per heavy atom. The molecule has 0 radical (unpaired) electrons. The minimum absolute atomic E-state index is 0.125. The maximum Gasteiger partial charge on any atom is 0.233 e. The van der Waals surface area contributed by atoms with Gasteiger partial charge in [0, 0.05) is 18.2 Å². The summed E-state index contributed by atoms with van der Waals surface area (Å²) in [7, 11) is 1.96. The summed E-state index contributed by atoms with van der Waals surface area (Å²) in [5, 5.41) is 7.40. The molecule has 2 unspecified atom stereocenters. The molecule has 3 rings (SSSR count). The highest BCUT2D eigenvalue weighted by molar-refractivity contribution is 5.55. The maximum atomic E-state index is 5.53. The van der Waals surface area contributed by atoms with Crippen molar-refractivity contribution < 1.29 is 9.26 Å². The molecule has 2 heterocycles. The van der Waals surface area contributed by atoms with E-state index in [0.717, 1.165) is 18.6 Å². The van der Waals surface area contributed by atoms with E-state index in [-0.39, 0.29) is 5.92 Å². The van der Waals surface area contributed by atoms with Gasteiger partial charge in [-0.1, -0.05) is 28.9 Å². The predicted octanol–water partition coefficient (Wildman–Crippen LogP) is 2.14. The van der Waals surface area contributed by atoms with E-state index in [1.54, 1.807) is 0 Å². The van der Waals surface area contributed by atoms with E-state index in [1.807, 2.05) is 19.2 Å². The summed E-state index contributed by atoms with van der Waals surface area (Å²) in [6, 6.07) is 8.43. The van der Waals surface area contributed by atoms with Gasteiger partial charge in [0.15, 0.2) is 0 Å². The number of aromatic nitrogens is 2. The van der Waals surface area contributed by atoms with Gasteiger partial charge in [-0.05, 0) is 26.5 Å². The van der Waals surface area contributed by atoms with E-state index in [9.17, 15) is 0 Å².